The number of para-hydroxylation sites is 2. The number of benzene rings is 8. The lowest BCUT2D eigenvalue weighted by Crippen LogP contribution is -2.30. The topological polar surface area (TPSA) is 81.0 Å². The van der Waals surface area contributed by atoms with Crippen LogP contribution in [0.5, 0.6) is 0 Å². The first-order chi connectivity index (χ1) is 29.6. The van der Waals surface area contributed by atoms with Crippen molar-refractivity contribution in [1.29, 1.82) is 0 Å². The Labute approximate surface area is 345 Å². The molecule has 3 heterocycles. The Morgan fingerprint density at radius 2 is 0.817 bits per heavy atom. The summed E-state index contributed by atoms with van der Waals surface area (Å²) in [7, 11) is 0. The Morgan fingerprint density at radius 1 is 0.333 bits per heavy atom. The minimum absolute atomic E-state index is 0.328. The minimum atomic E-state index is -0.394. The number of aromatic nitrogens is 4. The molecule has 0 N–H and O–H groups in total. The van der Waals surface area contributed by atoms with Crippen LogP contribution in [0.25, 0.3) is 83.9 Å². The second-order valence-electron chi connectivity index (χ2n) is 14.7. The van der Waals surface area contributed by atoms with Crippen LogP contribution in [-0.4, -0.2) is 31.3 Å². The Balaban J connectivity index is 1.14. The fourth-order valence-corrected chi connectivity index (χ4v) is 8.54. The third kappa shape index (κ3) is 5.63. The summed E-state index contributed by atoms with van der Waals surface area (Å²) in [6, 6.07) is 65.4. The number of anilines is 1. The van der Waals surface area contributed by atoms with Gasteiger partial charge >= 0.3 is 0 Å². The van der Waals surface area contributed by atoms with E-state index in [0.717, 1.165) is 60.8 Å². The highest BCUT2D eigenvalue weighted by atomic mass is 16.2. The molecule has 0 bridgehead atoms. The Bertz CT molecular complexity index is 3230. The van der Waals surface area contributed by atoms with Gasteiger partial charge in [0.15, 0.2) is 17.5 Å². The molecule has 11 rings (SSSR count). The van der Waals surface area contributed by atoms with Crippen molar-refractivity contribution in [3.8, 4) is 62.1 Å². The van der Waals surface area contributed by atoms with Crippen molar-refractivity contribution in [2.45, 2.75) is 0 Å². The molecule has 0 atom stereocenters. The fourth-order valence-electron chi connectivity index (χ4n) is 8.54. The summed E-state index contributed by atoms with van der Waals surface area (Å²) >= 11 is 0. The third-order valence-electron chi connectivity index (χ3n) is 11.2. The highest BCUT2D eigenvalue weighted by molar-refractivity contribution is 6.37. The molecule has 60 heavy (non-hydrogen) atoms. The molecule has 7 nitrogen and oxygen atoms in total. The third-order valence-corrected chi connectivity index (χ3v) is 11.2. The van der Waals surface area contributed by atoms with Gasteiger partial charge in [0.1, 0.15) is 0 Å². The number of hydrogen-bond donors (Lipinski definition) is 0. The van der Waals surface area contributed by atoms with Gasteiger partial charge in [-0.2, -0.15) is 0 Å². The largest absolute Gasteiger partial charge is 0.308 e. The molecule has 0 saturated carbocycles. The van der Waals surface area contributed by atoms with Gasteiger partial charge < -0.3 is 4.57 Å². The van der Waals surface area contributed by atoms with Crippen LogP contribution in [0.1, 0.15) is 20.7 Å². The maximum absolute atomic E-state index is 15.2. The lowest BCUT2D eigenvalue weighted by atomic mass is 9.92. The fraction of sp³-hybridized carbons (Fsp3) is 0. The molecular weight excluding hydrogens is 739 g/mol. The van der Waals surface area contributed by atoms with Crippen LogP contribution in [0.2, 0.25) is 0 Å². The van der Waals surface area contributed by atoms with E-state index in [4.69, 9.17) is 15.0 Å². The van der Waals surface area contributed by atoms with Gasteiger partial charge in [0.05, 0.1) is 33.5 Å². The minimum Gasteiger partial charge on any atom is -0.308 e. The first-order valence-electron chi connectivity index (χ1n) is 19.8. The van der Waals surface area contributed by atoms with Crippen LogP contribution in [-0.2, 0) is 0 Å². The zero-order valence-electron chi connectivity index (χ0n) is 32.1. The van der Waals surface area contributed by atoms with E-state index >= 15 is 4.79 Å². The van der Waals surface area contributed by atoms with Crippen LogP contribution in [0, 0.1) is 0 Å². The quantitative estimate of drug-likeness (QED) is 0.151. The molecule has 0 spiro atoms. The average Bonchev–Trinajstić information content (AvgIpc) is 3.80. The zero-order chi connectivity index (χ0) is 40.2. The summed E-state index contributed by atoms with van der Waals surface area (Å²) in [6.07, 6.45) is 0. The SMILES string of the molecule is O=C1c2cccc(-n3c4ccccc4c4cccc(-c5nc(-c6ccccc6)nc(-c6ccccc6)n5)c43)c2C(=O)N1c1cccc(-c2ccccc2)c1-c1ccccc1. The van der Waals surface area contributed by atoms with E-state index in [1.807, 2.05) is 182 Å². The molecule has 10 aromatic rings. The molecule has 0 unspecified atom stereocenters. The summed E-state index contributed by atoms with van der Waals surface area (Å²) in [5.74, 6) is 0.803. The van der Waals surface area contributed by atoms with E-state index < -0.39 is 5.91 Å². The Hall–Kier alpha value is -8.29. The van der Waals surface area contributed by atoms with E-state index in [2.05, 4.69) is 16.7 Å². The number of imide groups is 1. The normalized spacial score (nSPS) is 12.4. The Morgan fingerprint density at radius 3 is 1.47 bits per heavy atom. The molecule has 0 fully saturated rings. The molecule has 1 aliphatic rings. The van der Waals surface area contributed by atoms with Gasteiger partial charge in [-0.3, -0.25) is 9.59 Å². The predicted molar refractivity (Wildman–Crippen MR) is 239 cm³/mol. The van der Waals surface area contributed by atoms with Crippen LogP contribution in [0.15, 0.2) is 200 Å². The van der Waals surface area contributed by atoms with Gasteiger partial charge in [-0.15, -0.1) is 0 Å². The number of carbonyl (C=O) groups excluding carboxylic acids is 2. The number of amides is 2. The molecule has 8 aromatic carbocycles. The lowest BCUT2D eigenvalue weighted by molar-refractivity contribution is 0.0926. The monoisotopic (exact) mass is 771 g/mol. The molecule has 2 aromatic heterocycles. The molecule has 0 aliphatic carbocycles. The van der Waals surface area contributed by atoms with Crippen LogP contribution < -0.4 is 4.90 Å². The van der Waals surface area contributed by atoms with Crippen molar-refractivity contribution in [3.63, 3.8) is 0 Å². The first-order valence-corrected chi connectivity index (χ1v) is 19.8. The molecule has 1 aliphatic heterocycles. The van der Waals surface area contributed by atoms with E-state index in [1.165, 1.54) is 4.90 Å². The summed E-state index contributed by atoms with van der Waals surface area (Å²) in [5.41, 5.74) is 9.56. The molecule has 7 heteroatoms. The predicted octanol–water partition coefficient (Wildman–Crippen LogP) is 12.1. The van der Waals surface area contributed by atoms with Gasteiger partial charge in [-0.25, -0.2) is 19.9 Å². The number of fused-ring (bicyclic) bond motifs is 4. The standard InChI is InChI=1S/C53H33N5O2/c59-52-41-29-17-33-45(47(41)53(60)58(52)44-32-16-27-38(34-18-5-1-6-19-34)46(44)35-20-7-2-8-21-35)57-43-31-14-13-26-39(43)40-28-15-30-42(48(40)57)51-55-49(36-22-9-3-10-23-36)54-50(56-51)37-24-11-4-12-25-37/h1-33H. The Kier molecular flexibility index (Phi) is 8.30. The maximum atomic E-state index is 15.2. The molecule has 0 saturated heterocycles. The maximum Gasteiger partial charge on any atom is 0.268 e. The lowest BCUT2D eigenvalue weighted by Gasteiger charge is -2.22. The van der Waals surface area contributed by atoms with Crippen molar-refractivity contribution < 1.29 is 9.59 Å². The summed E-state index contributed by atoms with van der Waals surface area (Å²) in [6.45, 7) is 0. The summed E-state index contributed by atoms with van der Waals surface area (Å²) in [4.78, 5) is 46.6. The van der Waals surface area contributed by atoms with Crippen LogP contribution in [0.4, 0.5) is 5.69 Å². The first kappa shape index (κ1) is 34.9. The number of nitrogens with zero attached hydrogens (tertiary/aromatic N) is 5. The number of carbonyl (C=O) groups is 2. The van der Waals surface area contributed by atoms with Crippen molar-refractivity contribution in [1.82, 2.24) is 19.5 Å². The smallest absolute Gasteiger partial charge is 0.268 e. The second kappa shape index (κ2) is 14.3. The number of hydrogen-bond acceptors (Lipinski definition) is 5. The van der Waals surface area contributed by atoms with Gasteiger partial charge in [-0.05, 0) is 47.0 Å². The van der Waals surface area contributed by atoms with Gasteiger partial charge in [-0.1, -0.05) is 170 Å². The second-order valence-corrected chi connectivity index (χ2v) is 14.7. The van der Waals surface area contributed by atoms with Gasteiger partial charge in [0.25, 0.3) is 11.8 Å². The van der Waals surface area contributed by atoms with Gasteiger partial charge in [0.2, 0.25) is 0 Å². The van der Waals surface area contributed by atoms with E-state index in [1.54, 1.807) is 6.07 Å². The molecule has 0 radical (unpaired) electrons. The molecular formula is C53H33N5O2. The van der Waals surface area contributed by atoms with Crippen molar-refractivity contribution >= 4 is 39.3 Å². The number of rotatable bonds is 7. The van der Waals surface area contributed by atoms with Gasteiger partial charge in [0, 0.05) is 33.0 Å². The van der Waals surface area contributed by atoms with Crippen LogP contribution in [0.3, 0.4) is 0 Å². The van der Waals surface area contributed by atoms with Crippen molar-refractivity contribution in [2.24, 2.45) is 0 Å². The van der Waals surface area contributed by atoms with Crippen LogP contribution >= 0.6 is 0 Å². The van der Waals surface area contributed by atoms with E-state index in [-0.39, 0.29) is 5.91 Å². The van der Waals surface area contributed by atoms with E-state index in [0.29, 0.717) is 40.0 Å². The zero-order valence-corrected chi connectivity index (χ0v) is 32.1. The highest BCUT2D eigenvalue weighted by Crippen LogP contribution is 2.45. The van der Waals surface area contributed by atoms with Crippen molar-refractivity contribution in [2.75, 3.05) is 4.90 Å². The van der Waals surface area contributed by atoms with Crippen molar-refractivity contribution in [3.05, 3.63) is 211 Å². The molecule has 282 valence electrons. The van der Waals surface area contributed by atoms with E-state index in [9.17, 15) is 4.79 Å². The molecule has 2 amide bonds. The average molecular weight is 772 g/mol. The highest BCUT2D eigenvalue weighted by Gasteiger charge is 2.41. The summed E-state index contributed by atoms with van der Waals surface area (Å²) in [5, 5.41) is 1.95. The summed E-state index contributed by atoms with van der Waals surface area (Å²) < 4.78 is 2.10.